The Labute approximate surface area is 115 Å². The van der Waals surface area contributed by atoms with Gasteiger partial charge in [-0.15, -0.1) is 0 Å². The number of carbonyl (C=O) groups excluding carboxylic acids is 1. The maximum Gasteiger partial charge on any atom is 0.342 e. The van der Waals surface area contributed by atoms with Gasteiger partial charge in [0.2, 0.25) is 11.4 Å². The lowest BCUT2D eigenvalue weighted by Crippen LogP contribution is -2.32. The largest absolute Gasteiger partial charge is 0.479 e. The minimum Gasteiger partial charge on any atom is -0.479 e. The topological polar surface area (TPSA) is 79.5 Å². The van der Waals surface area contributed by atoms with Crippen molar-refractivity contribution in [1.82, 2.24) is 4.57 Å². The number of rotatable bonds is 3. The second-order valence-electron chi connectivity index (χ2n) is 4.87. The van der Waals surface area contributed by atoms with Crippen molar-refractivity contribution in [3.05, 3.63) is 59.4 Å². The molecule has 5 heteroatoms. The SMILES string of the molecule is O=C(c1ccccc1)c1ccc2n1CCC2(O)C(=O)O. The molecule has 2 aromatic rings. The van der Waals surface area contributed by atoms with Gasteiger partial charge in [0, 0.05) is 18.5 Å². The molecule has 2 N–H and O–H groups in total. The molecule has 1 atom stereocenters. The Morgan fingerprint density at radius 3 is 2.45 bits per heavy atom. The molecule has 5 nitrogen and oxygen atoms in total. The molecule has 3 rings (SSSR count). The van der Waals surface area contributed by atoms with Crippen molar-refractivity contribution in [1.29, 1.82) is 0 Å². The van der Waals surface area contributed by atoms with Crippen LogP contribution in [0.2, 0.25) is 0 Å². The van der Waals surface area contributed by atoms with Crippen molar-refractivity contribution in [3.63, 3.8) is 0 Å². The molecular weight excluding hydrogens is 258 g/mol. The number of aromatic nitrogens is 1. The highest BCUT2D eigenvalue weighted by Crippen LogP contribution is 2.35. The van der Waals surface area contributed by atoms with Crippen LogP contribution >= 0.6 is 0 Å². The summed E-state index contributed by atoms with van der Waals surface area (Å²) in [7, 11) is 0. The third kappa shape index (κ3) is 1.67. The van der Waals surface area contributed by atoms with Crippen molar-refractivity contribution < 1.29 is 19.8 Å². The molecule has 1 aromatic carbocycles. The lowest BCUT2D eigenvalue weighted by Gasteiger charge is -2.15. The van der Waals surface area contributed by atoms with Crippen molar-refractivity contribution in [2.45, 2.75) is 18.6 Å². The van der Waals surface area contributed by atoms with Crippen LogP contribution < -0.4 is 0 Å². The van der Waals surface area contributed by atoms with Gasteiger partial charge in [0.25, 0.3) is 0 Å². The second-order valence-corrected chi connectivity index (χ2v) is 4.87. The van der Waals surface area contributed by atoms with Gasteiger partial charge in [-0.2, -0.15) is 0 Å². The summed E-state index contributed by atoms with van der Waals surface area (Å²) in [6.45, 7) is 0.318. The van der Waals surface area contributed by atoms with Crippen LogP contribution in [0.1, 0.15) is 28.2 Å². The first-order chi connectivity index (χ1) is 9.54. The summed E-state index contributed by atoms with van der Waals surface area (Å²) >= 11 is 0. The highest BCUT2D eigenvalue weighted by Gasteiger charge is 2.45. The van der Waals surface area contributed by atoms with Gasteiger partial charge in [0.15, 0.2) is 0 Å². The Kier molecular flexibility index (Phi) is 2.72. The number of hydrogen-bond acceptors (Lipinski definition) is 3. The molecule has 0 saturated heterocycles. The highest BCUT2D eigenvalue weighted by atomic mass is 16.4. The fourth-order valence-electron chi connectivity index (χ4n) is 2.62. The van der Waals surface area contributed by atoms with Crippen molar-refractivity contribution in [2.24, 2.45) is 0 Å². The number of benzene rings is 1. The predicted octanol–water partition coefficient (Wildman–Crippen LogP) is 1.39. The molecule has 0 fully saturated rings. The zero-order chi connectivity index (χ0) is 14.3. The third-order valence-electron chi connectivity index (χ3n) is 3.72. The summed E-state index contributed by atoms with van der Waals surface area (Å²) in [5.74, 6) is -1.46. The van der Waals surface area contributed by atoms with Crippen molar-refractivity contribution in [3.8, 4) is 0 Å². The van der Waals surface area contributed by atoms with Crippen LogP contribution in [0.15, 0.2) is 42.5 Å². The lowest BCUT2D eigenvalue weighted by atomic mass is 9.99. The molecule has 102 valence electrons. The number of hydrogen-bond donors (Lipinski definition) is 2. The van der Waals surface area contributed by atoms with E-state index in [-0.39, 0.29) is 17.9 Å². The van der Waals surface area contributed by atoms with Crippen LogP contribution in [0.25, 0.3) is 0 Å². The zero-order valence-electron chi connectivity index (χ0n) is 10.6. The Balaban J connectivity index is 2.04. The highest BCUT2D eigenvalue weighted by molar-refractivity contribution is 6.08. The number of aliphatic hydroxyl groups is 1. The summed E-state index contributed by atoms with van der Waals surface area (Å²) in [5, 5.41) is 19.3. The van der Waals surface area contributed by atoms with E-state index in [1.165, 1.54) is 6.07 Å². The first-order valence-electron chi connectivity index (χ1n) is 6.29. The standard InChI is InChI=1S/C15H13NO4/c17-13(10-4-2-1-3-5-10)11-6-7-12-15(20,14(18)19)8-9-16(11)12/h1-7,20H,8-9H2,(H,18,19). The van der Waals surface area contributed by atoms with E-state index in [9.17, 15) is 14.7 Å². The van der Waals surface area contributed by atoms with E-state index in [4.69, 9.17) is 5.11 Å². The maximum absolute atomic E-state index is 12.4. The van der Waals surface area contributed by atoms with Gasteiger partial charge in [-0.1, -0.05) is 30.3 Å². The first-order valence-corrected chi connectivity index (χ1v) is 6.29. The minimum atomic E-state index is -1.89. The maximum atomic E-state index is 12.4. The van der Waals surface area contributed by atoms with Gasteiger partial charge in [-0.05, 0) is 12.1 Å². The number of nitrogens with zero attached hydrogens (tertiary/aromatic N) is 1. The Morgan fingerprint density at radius 2 is 1.80 bits per heavy atom. The average molecular weight is 271 g/mol. The summed E-state index contributed by atoms with van der Waals surface area (Å²) in [6.07, 6.45) is 0.0770. The molecule has 0 spiro atoms. The van der Waals surface area contributed by atoms with E-state index in [0.717, 1.165) is 0 Å². The van der Waals surface area contributed by atoms with Gasteiger partial charge < -0.3 is 14.8 Å². The second kappa shape index (κ2) is 4.31. The number of ketones is 1. The van der Waals surface area contributed by atoms with E-state index in [1.54, 1.807) is 34.9 Å². The number of fused-ring (bicyclic) bond motifs is 1. The Morgan fingerprint density at radius 1 is 1.10 bits per heavy atom. The summed E-state index contributed by atoms with van der Waals surface area (Å²) in [5.41, 5.74) is -0.679. The van der Waals surface area contributed by atoms with E-state index in [1.807, 2.05) is 6.07 Å². The van der Waals surface area contributed by atoms with Crippen LogP contribution in [0, 0.1) is 0 Å². The molecule has 0 bridgehead atoms. The fourth-order valence-corrected chi connectivity index (χ4v) is 2.62. The summed E-state index contributed by atoms with van der Waals surface area (Å²) in [6, 6.07) is 11.9. The van der Waals surface area contributed by atoms with Crippen LogP contribution in [0.3, 0.4) is 0 Å². The van der Waals surface area contributed by atoms with E-state index in [0.29, 0.717) is 17.8 Å². The number of aliphatic carboxylic acids is 1. The summed E-state index contributed by atoms with van der Waals surface area (Å²) < 4.78 is 1.59. The van der Waals surface area contributed by atoms with Crippen LogP contribution in [-0.4, -0.2) is 26.5 Å². The molecule has 1 unspecified atom stereocenters. The van der Waals surface area contributed by atoms with Crippen LogP contribution in [0.5, 0.6) is 0 Å². The van der Waals surface area contributed by atoms with E-state index >= 15 is 0 Å². The monoisotopic (exact) mass is 271 g/mol. The van der Waals surface area contributed by atoms with Crippen LogP contribution in [-0.2, 0) is 16.9 Å². The molecule has 0 amide bonds. The molecule has 20 heavy (non-hydrogen) atoms. The number of carboxylic acids is 1. The van der Waals surface area contributed by atoms with Crippen molar-refractivity contribution >= 4 is 11.8 Å². The summed E-state index contributed by atoms with van der Waals surface area (Å²) in [4.78, 5) is 23.6. The first kappa shape index (κ1) is 12.6. The van der Waals surface area contributed by atoms with E-state index < -0.39 is 11.6 Å². The molecule has 1 aromatic heterocycles. The fraction of sp³-hybridized carbons (Fsp3) is 0.200. The van der Waals surface area contributed by atoms with Gasteiger partial charge in [-0.3, -0.25) is 4.79 Å². The van der Waals surface area contributed by atoms with Crippen molar-refractivity contribution in [2.75, 3.05) is 0 Å². The molecule has 0 radical (unpaired) electrons. The van der Waals surface area contributed by atoms with Gasteiger partial charge in [0.05, 0.1) is 11.4 Å². The molecular formula is C15H13NO4. The average Bonchev–Trinajstić information content (AvgIpc) is 3.01. The Bertz CT molecular complexity index is 689. The quantitative estimate of drug-likeness (QED) is 0.827. The number of carbonyl (C=O) groups is 2. The predicted molar refractivity (Wildman–Crippen MR) is 70.5 cm³/mol. The molecule has 1 aliphatic rings. The molecule has 0 saturated carbocycles. The molecule has 1 aliphatic heterocycles. The molecule has 0 aliphatic carbocycles. The smallest absolute Gasteiger partial charge is 0.342 e. The third-order valence-corrected chi connectivity index (χ3v) is 3.72. The van der Waals surface area contributed by atoms with Gasteiger partial charge >= 0.3 is 5.97 Å². The van der Waals surface area contributed by atoms with Crippen LogP contribution in [0.4, 0.5) is 0 Å². The lowest BCUT2D eigenvalue weighted by molar-refractivity contribution is -0.159. The van der Waals surface area contributed by atoms with Gasteiger partial charge in [-0.25, -0.2) is 4.79 Å². The van der Waals surface area contributed by atoms with E-state index in [2.05, 4.69) is 0 Å². The zero-order valence-corrected chi connectivity index (χ0v) is 10.6. The Hall–Kier alpha value is -2.40. The molecule has 2 heterocycles. The minimum absolute atomic E-state index is 0.0770. The number of carboxylic acid groups (broad SMARTS) is 1. The normalized spacial score (nSPS) is 20.6. The van der Waals surface area contributed by atoms with Gasteiger partial charge in [0.1, 0.15) is 0 Å².